The lowest BCUT2D eigenvalue weighted by Crippen LogP contribution is -2.17. The molecule has 0 N–H and O–H groups in total. The van der Waals surface area contributed by atoms with Crippen molar-refractivity contribution < 1.29 is 18.9 Å². The highest BCUT2D eigenvalue weighted by Crippen LogP contribution is 2.24. The van der Waals surface area contributed by atoms with E-state index in [9.17, 15) is 0 Å². The quantitative estimate of drug-likeness (QED) is 0.583. The summed E-state index contributed by atoms with van der Waals surface area (Å²) in [5, 5.41) is 0. The Morgan fingerprint density at radius 1 is 0.579 bits per heavy atom. The Morgan fingerprint density at radius 3 is 1.24 bits per heavy atom. The molecule has 8 nitrogen and oxygen atoms in total. The van der Waals surface area contributed by atoms with Gasteiger partial charge in [0.05, 0.1) is 23.2 Å². The van der Waals surface area contributed by atoms with Gasteiger partial charge in [-0.05, 0) is 77.9 Å². The van der Waals surface area contributed by atoms with Crippen LogP contribution in [0.25, 0.3) is 0 Å². The van der Waals surface area contributed by atoms with Crippen LogP contribution in [0.4, 0.5) is 0 Å². The molecule has 0 aromatic heterocycles. The Balaban J connectivity index is 0.000000156. The molecule has 4 aliphatic rings. The number of aliphatic imine (C=N–C) groups is 4. The second kappa shape index (κ2) is 10.2. The van der Waals surface area contributed by atoms with Crippen molar-refractivity contribution in [2.75, 3.05) is 26.4 Å². The van der Waals surface area contributed by atoms with Crippen LogP contribution >= 0.6 is 0 Å². The van der Waals surface area contributed by atoms with Gasteiger partial charge in [0.15, 0.2) is 0 Å². The van der Waals surface area contributed by atoms with E-state index in [2.05, 4.69) is 47.7 Å². The first-order valence-corrected chi connectivity index (χ1v) is 13.2. The van der Waals surface area contributed by atoms with Gasteiger partial charge < -0.3 is 18.9 Å². The number of hydrogen-bond donors (Lipinski definition) is 0. The molecule has 0 bridgehead atoms. The van der Waals surface area contributed by atoms with Gasteiger partial charge in [0.2, 0.25) is 23.6 Å². The number of rotatable bonds is 4. The summed E-state index contributed by atoms with van der Waals surface area (Å²) >= 11 is 0. The highest BCUT2D eigenvalue weighted by Gasteiger charge is 2.29. The summed E-state index contributed by atoms with van der Waals surface area (Å²) in [6.07, 6.45) is 0. The van der Waals surface area contributed by atoms with Crippen LogP contribution in [-0.2, 0) is 18.9 Å². The summed E-state index contributed by atoms with van der Waals surface area (Å²) < 4.78 is 22.5. The van der Waals surface area contributed by atoms with E-state index in [1.807, 2.05) is 62.4 Å². The molecule has 2 aromatic rings. The van der Waals surface area contributed by atoms with Crippen LogP contribution in [0.1, 0.15) is 63.8 Å². The first-order valence-electron chi connectivity index (χ1n) is 13.2. The van der Waals surface area contributed by atoms with Gasteiger partial charge in [0.25, 0.3) is 0 Å². The third kappa shape index (κ3) is 6.06. The zero-order valence-corrected chi connectivity index (χ0v) is 23.0. The van der Waals surface area contributed by atoms with Gasteiger partial charge in [-0.25, -0.2) is 20.0 Å². The normalized spacial score (nSPS) is 24.5. The minimum atomic E-state index is -0.144. The number of benzene rings is 2. The number of hydrogen-bond acceptors (Lipinski definition) is 8. The van der Waals surface area contributed by atoms with E-state index in [0.29, 0.717) is 38.2 Å². The predicted octanol–water partition coefficient (Wildman–Crippen LogP) is 4.81. The van der Waals surface area contributed by atoms with Crippen molar-refractivity contribution in [3.05, 3.63) is 70.8 Å². The molecule has 0 radical (unpaired) electrons. The Kier molecular flexibility index (Phi) is 6.99. The fourth-order valence-corrected chi connectivity index (χ4v) is 4.30. The summed E-state index contributed by atoms with van der Waals surface area (Å²) in [5.41, 5.74) is 3.64. The lowest BCUT2D eigenvalue weighted by Gasteiger charge is -2.07. The third-order valence-corrected chi connectivity index (χ3v) is 6.24. The van der Waals surface area contributed by atoms with E-state index in [0.717, 1.165) is 34.0 Å². The smallest absolute Gasteiger partial charge is 0.216 e. The molecular weight excluding hydrogens is 480 g/mol. The predicted molar refractivity (Wildman–Crippen MR) is 150 cm³/mol. The molecule has 200 valence electrons. The fourth-order valence-electron chi connectivity index (χ4n) is 4.30. The van der Waals surface area contributed by atoms with Gasteiger partial charge in [0, 0.05) is 22.3 Å². The van der Waals surface area contributed by atoms with Crippen LogP contribution in [-0.4, -0.2) is 73.2 Å². The first-order chi connectivity index (χ1) is 18.1. The van der Waals surface area contributed by atoms with Gasteiger partial charge in [-0.2, -0.15) is 0 Å². The average molecular weight is 517 g/mol. The van der Waals surface area contributed by atoms with Crippen molar-refractivity contribution in [1.29, 1.82) is 0 Å². The highest BCUT2D eigenvalue weighted by atomic mass is 16.5. The van der Waals surface area contributed by atoms with E-state index in [4.69, 9.17) is 18.9 Å². The van der Waals surface area contributed by atoms with Crippen molar-refractivity contribution in [3.63, 3.8) is 0 Å². The highest BCUT2D eigenvalue weighted by molar-refractivity contribution is 6.01. The van der Waals surface area contributed by atoms with Crippen LogP contribution in [0.5, 0.6) is 0 Å². The summed E-state index contributed by atoms with van der Waals surface area (Å²) in [4.78, 5) is 18.1. The monoisotopic (exact) mass is 516 g/mol. The van der Waals surface area contributed by atoms with Crippen LogP contribution in [0.3, 0.4) is 0 Å². The van der Waals surface area contributed by atoms with E-state index >= 15 is 0 Å². The Morgan fingerprint density at radius 2 is 0.947 bits per heavy atom. The fraction of sp³-hybridized carbons (Fsp3) is 0.467. The van der Waals surface area contributed by atoms with Crippen LogP contribution in [0.15, 0.2) is 68.5 Å². The molecule has 0 aliphatic carbocycles. The second-order valence-corrected chi connectivity index (χ2v) is 11.4. The van der Waals surface area contributed by atoms with E-state index in [1.54, 1.807) is 0 Å². The van der Waals surface area contributed by atoms with Gasteiger partial charge >= 0.3 is 0 Å². The topological polar surface area (TPSA) is 86.4 Å². The maximum atomic E-state index is 5.68. The standard InChI is InChI=1S/C16H20N2O2.C14H16N2O2/c1-15(2)9-19-13(17-15)11-6-5-7-12(8-11)14-18-16(3,4)10-20-14;1-9-7-17-13(15-9)11-4-3-5-12(6-11)14-16-10(2)8-18-14/h5-8H,9-10H2,1-4H3;3-6,9-10H,7-8H2,1-2H3. The molecule has 0 spiro atoms. The lowest BCUT2D eigenvalue weighted by atomic mass is 10.1. The summed E-state index contributed by atoms with van der Waals surface area (Å²) in [6, 6.07) is 16.5. The van der Waals surface area contributed by atoms with Crippen molar-refractivity contribution >= 4 is 23.6 Å². The van der Waals surface area contributed by atoms with E-state index in [-0.39, 0.29) is 23.2 Å². The summed E-state index contributed by atoms with van der Waals surface area (Å²) in [6.45, 7) is 14.9. The minimum Gasteiger partial charge on any atom is -0.475 e. The maximum absolute atomic E-state index is 5.68. The SMILES string of the molecule is CC1(C)COC(c2cccc(C3=NC(C)(C)CO3)c2)=N1.CC1COC(c2cccc(C3=NC(C)CO3)c2)=N1. The number of ether oxygens (including phenoxy) is 4. The zero-order valence-electron chi connectivity index (χ0n) is 23.0. The Hall–Kier alpha value is -3.68. The maximum Gasteiger partial charge on any atom is 0.216 e. The molecule has 0 fully saturated rings. The molecule has 6 rings (SSSR count). The van der Waals surface area contributed by atoms with Gasteiger partial charge in [-0.15, -0.1) is 0 Å². The number of nitrogens with zero attached hydrogens (tertiary/aromatic N) is 4. The van der Waals surface area contributed by atoms with Gasteiger partial charge in [-0.3, -0.25) is 0 Å². The molecule has 2 aromatic carbocycles. The van der Waals surface area contributed by atoms with Crippen LogP contribution < -0.4 is 0 Å². The largest absolute Gasteiger partial charge is 0.475 e. The van der Waals surface area contributed by atoms with E-state index in [1.165, 1.54) is 0 Å². The molecule has 0 saturated carbocycles. The summed E-state index contributed by atoms with van der Waals surface area (Å²) in [5.74, 6) is 2.84. The van der Waals surface area contributed by atoms with Crippen LogP contribution in [0, 0.1) is 0 Å². The Labute approximate surface area is 224 Å². The Bertz CT molecular complexity index is 1230. The molecule has 2 unspecified atom stereocenters. The van der Waals surface area contributed by atoms with E-state index < -0.39 is 0 Å². The van der Waals surface area contributed by atoms with Crippen molar-refractivity contribution in [2.24, 2.45) is 20.0 Å². The molecule has 0 saturated heterocycles. The molecule has 2 atom stereocenters. The molecule has 4 aliphatic heterocycles. The molecule has 0 amide bonds. The molecule has 4 heterocycles. The minimum absolute atomic E-state index is 0.144. The van der Waals surface area contributed by atoms with Gasteiger partial charge in [0.1, 0.15) is 26.4 Å². The average Bonchev–Trinajstić information content (AvgIpc) is 3.67. The summed E-state index contributed by atoms with van der Waals surface area (Å²) in [7, 11) is 0. The van der Waals surface area contributed by atoms with Crippen molar-refractivity contribution in [3.8, 4) is 0 Å². The van der Waals surface area contributed by atoms with Gasteiger partial charge in [-0.1, -0.05) is 12.1 Å². The van der Waals surface area contributed by atoms with Crippen molar-refractivity contribution in [2.45, 2.75) is 64.7 Å². The third-order valence-electron chi connectivity index (χ3n) is 6.24. The van der Waals surface area contributed by atoms with Crippen molar-refractivity contribution in [1.82, 2.24) is 0 Å². The van der Waals surface area contributed by atoms with Crippen LogP contribution in [0.2, 0.25) is 0 Å². The second-order valence-electron chi connectivity index (χ2n) is 11.4. The first kappa shape index (κ1) is 25.9. The molecule has 38 heavy (non-hydrogen) atoms. The lowest BCUT2D eigenvalue weighted by molar-refractivity contribution is 0.279. The molecule has 8 heteroatoms. The molecular formula is C30H36N4O4. The zero-order chi connectivity index (χ0) is 26.9.